The standard InChI is InChI=1S/C50H73N13O10S/c1-6-30(4)42(47(70)59-37(23-33-24-54-28-56-33)48(71)63-21-11-15-39(63)45(68)60-38(49(72)73)27-74-26-32-12-8-7-9-13-32)62-44(67)36(22-31-16-18-34(64)19-17-31)58-46(69)41(29(2)3)61-43(66)35(57-40(65)25-53-5)14-10-20-55-50(51)52/h7-9,12-13,16-19,24,28-30,35-39,41-42,53,64H,6,10-11,14-15,20-23,25-27H2,1-5H3,(H,54,56)(H,57,65)(H,58,69)(H,59,70)(H,60,68)(H,61,66)(H,62,67)(H,72,73)(H4,51,52,55)/t30?,35-,36-,37-,38-,39-,41-,42-/m0/s1. The fourth-order valence-corrected chi connectivity index (χ4v) is 9.16. The monoisotopic (exact) mass is 1050 g/mol. The van der Waals surface area contributed by atoms with Gasteiger partial charge in [-0.05, 0) is 67.8 Å². The first-order valence-corrected chi connectivity index (χ1v) is 25.9. The lowest BCUT2D eigenvalue weighted by Gasteiger charge is -2.32. The quantitative estimate of drug-likeness (QED) is 0.0234. The van der Waals surface area contributed by atoms with E-state index in [1.807, 2.05) is 37.3 Å². The number of nitrogens with two attached hydrogens (primary N) is 2. The van der Waals surface area contributed by atoms with Gasteiger partial charge in [-0.25, -0.2) is 9.78 Å². The van der Waals surface area contributed by atoms with Gasteiger partial charge in [0.05, 0.1) is 12.9 Å². The van der Waals surface area contributed by atoms with Gasteiger partial charge in [-0.2, -0.15) is 11.8 Å². The van der Waals surface area contributed by atoms with Crippen LogP contribution >= 0.6 is 11.8 Å². The fourth-order valence-electron chi connectivity index (χ4n) is 8.15. The van der Waals surface area contributed by atoms with Crippen LogP contribution in [-0.2, 0) is 57.0 Å². The van der Waals surface area contributed by atoms with E-state index in [9.17, 15) is 48.6 Å². The van der Waals surface area contributed by atoms with Gasteiger partial charge < -0.3 is 68.8 Å². The SMILES string of the molecule is CCC(C)[C@H](NC(=O)[C@H](Cc1ccc(O)cc1)NC(=O)[C@@H](NC(=O)[C@H](CCCN=C(N)N)NC(=O)CNC)C(C)C)C(=O)N[C@@H](Cc1cnc[nH]1)C(=O)N1CCC[C@H]1C(=O)N[C@@H](CSCc1ccccc1)C(=O)O. The molecule has 404 valence electrons. The number of thioether (sulfide) groups is 1. The first-order chi connectivity index (χ1) is 35.3. The van der Waals surface area contributed by atoms with Crippen molar-refractivity contribution in [3.05, 3.63) is 83.9 Å². The highest BCUT2D eigenvalue weighted by Crippen LogP contribution is 2.22. The van der Waals surface area contributed by atoms with Crippen molar-refractivity contribution >= 4 is 65.0 Å². The molecular formula is C50H73N13O10S. The normalized spacial score (nSPS) is 16.0. The van der Waals surface area contributed by atoms with E-state index in [0.29, 0.717) is 36.3 Å². The number of guanidine groups is 1. The summed E-state index contributed by atoms with van der Waals surface area (Å²) in [5.41, 5.74) is 12.9. The molecule has 74 heavy (non-hydrogen) atoms. The minimum atomic E-state index is -1.35. The van der Waals surface area contributed by atoms with Crippen molar-refractivity contribution in [1.29, 1.82) is 0 Å². The van der Waals surface area contributed by atoms with Gasteiger partial charge in [0, 0.05) is 49.3 Å². The van der Waals surface area contributed by atoms with Crippen molar-refractivity contribution in [2.75, 3.05) is 32.4 Å². The van der Waals surface area contributed by atoms with Gasteiger partial charge in [-0.1, -0.05) is 76.6 Å². The number of aromatic hydroxyl groups is 1. The summed E-state index contributed by atoms with van der Waals surface area (Å²) in [6.45, 7) is 7.17. The van der Waals surface area contributed by atoms with Crippen LogP contribution < -0.4 is 48.7 Å². The first-order valence-electron chi connectivity index (χ1n) is 24.7. The largest absolute Gasteiger partial charge is 0.508 e. The summed E-state index contributed by atoms with van der Waals surface area (Å²) in [4.78, 5) is 123. The van der Waals surface area contributed by atoms with Crippen molar-refractivity contribution in [3.8, 4) is 5.75 Å². The number of carboxylic acid groups (broad SMARTS) is 1. The number of aliphatic carboxylic acids is 1. The number of rotatable bonds is 30. The molecule has 0 saturated carbocycles. The van der Waals surface area contributed by atoms with Gasteiger partial charge >= 0.3 is 5.97 Å². The molecule has 1 saturated heterocycles. The number of H-pyrrole nitrogens is 1. The Kier molecular flexibility index (Phi) is 24.1. The van der Waals surface area contributed by atoms with Crippen LogP contribution in [0, 0.1) is 11.8 Å². The van der Waals surface area contributed by atoms with Gasteiger partial charge in [0.25, 0.3) is 0 Å². The minimum Gasteiger partial charge on any atom is -0.508 e. The number of aliphatic imine (C=N–C) groups is 1. The van der Waals surface area contributed by atoms with E-state index in [2.05, 4.69) is 52.2 Å². The number of amides is 7. The number of nitrogens with one attached hydrogen (secondary N) is 8. The van der Waals surface area contributed by atoms with Crippen LogP contribution in [0.4, 0.5) is 0 Å². The first kappa shape index (κ1) is 59.4. The van der Waals surface area contributed by atoms with E-state index < -0.39 is 101 Å². The van der Waals surface area contributed by atoms with Crippen LogP contribution in [0.1, 0.15) is 76.6 Å². The summed E-state index contributed by atoms with van der Waals surface area (Å²) in [5, 5.41) is 39.2. The number of likely N-dealkylation sites (N-methyl/N-ethyl adjacent to an activating group) is 1. The molecular weight excluding hydrogens is 975 g/mol. The zero-order chi connectivity index (χ0) is 54.3. The number of phenolic OH excluding ortho intramolecular Hbond substituents is 1. The van der Waals surface area contributed by atoms with Gasteiger partial charge in [0.1, 0.15) is 48.0 Å². The second-order valence-electron chi connectivity index (χ2n) is 18.6. The Balaban J connectivity index is 1.56. The minimum absolute atomic E-state index is 0.0391. The number of benzene rings is 2. The van der Waals surface area contributed by atoms with Crippen LogP contribution in [0.2, 0.25) is 0 Å². The maximum atomic E-state index is 14.6. The number of carbonyl (C=O) groups is 8. The highest BCUT2D eigenvalue weighted by molar-refractivity contribution is 7.98. The number of hydrogen-bond acceptors (Lipinski definition) is 13. The predicted molar refractivity (Wildman–Crippen MR) is 279 cm³/mol. The number of hydrogen-bond donors (Lipinski definition) is 12. The number of likely N-dealkylation sites (tertiary alicyclic amines) is 1. The Morgan fingerprint density at radius 2 is 1.47 bits per heavy atom. The average Bonchev–Trinajstić information content (AvgIpc) is 4.08. The van der Waals surface area contributed by atoms with Crippen LogP contribution in [0.15, 0.2) is 72.1 Å². The summed E-state index contributed by atoms with van der Waals surface area (Å²) >= 11 is 1.35. The van der Waals surface area contributed by atoms with Gasteiger partial charge in [-0.15, -0.1) is 0 Å². The van der Waals surface area contributed by atoms with Gasteiger partial charge in [-0.3, -0.25) is 38.6 Å². The second-order valence-corrected chi connectivity index (χ2v) is 19.6. The summed E-state index contributed by atoms with van der Waals surface area (Å²) in [6.07, 6.45) is 4.20. The van der Waals surface area contributed by atoms with E-state index >= 15 is 0 Å². The van der Waals surface area contributed by atoms with Gasteiger partial charge in [0.15, 0.2) is 5.96 Å². The number of imidazole rings is 1. The van der Waals surface area contributed by atoms with Crippen LogP contribution in [0.3, 0.4) is 0 Å². The van der Waals surface area contributed by atoms with Crippen molar-refractivity contribution in [1.82, 2.24) is 52.1 Å². The van der Waals surface area contributed by atoms with Crippen molar-refractivity contribution in [2.24, 2.45) is 28.3 Å². The second kappa shape index (κ2) is 30.1. The van der Waals surface area contributed by atoms with Crippen molar-refractivity contribution in [2.45, 2.75) is 121 Å². The van der Waals surface area contributed by atoms with E-state index in [4.69, 9.17) is 11.5 Å². The maximum Gasteiger partial charge on any atom is 0.327 e. The number of aromatic nitrogens is 2. The molecule has 1 aliphatic rings. The Morgan fingerprint density at radius 3 is 2.09 bits per heavy atom. The van der Waals surface area contributed by atoms with Gasteiger partial charge in [0.2, 0.25) is 41.4 Å². The molecule has 3 aromatic rings. The Labute approximate surface area is 435 Å². The Hall–Kier alpha value is -7.21. The lowest BCUT2D eigenvalue weighted by atomic mass is 9.96. The zero-order valence-electron chi connectivity index (χ0n) is 42.6. The number of aromatic amines is 1. The molecule has 7 amide bonds. The third kappa shape index (κ3) is 19.0. The molecule has 1 fully saturated rings. The molecule has 1 aliphatic heterocycles. The third-order valence-electron chi connectivity index (χ3n) is 12.4. The molecule has 14 N–H and O–H groups in total. The Bertz CT molecular complexity index is 2350. The van der Waals surface area contributed by atoms with E-state index in [1.54, 1.807) is 40.0 Å². The highest BCUT2D eigenvalue weighted by Gasteiger charge is 2.41. The molecule has 2 heterocycles. The summed E-state index contributed by atoms with van der Waals surface area (Å²) in [6, 6.07) is 6.96. The summed E-state index contributed by atoms with van der Waals surface area (Å²) in [7, 11) is 1.57. The van der Waals surface area contributed by atoms with Crippen LogP contribution in [0.5, 0.6) is 5.75 Å². The summed E-state index contributed by atoms with van der Waals surface area (Å²) in [5.74, 6) is -6.50. The number of nitrogens with zero attached hydrogens (tertiary/aromatic N) is 3. The molecule has 0 radical (unpaired) electrons. The lowest BCUT2D eigenvalue weighted by molar-refractivity contribution is -0.144. The molecule has 0 bridgehead atoms. The highest BCUT2D eigenvalue weighted by atomic mass is 32.2. The fraction of sp³-hybridized carbons (Fsp3) is 0.520. The van der Waals surface area contributed by atoms with Crippen LogP contribution in [0.25, 0.3) is 0 Å². The number of carboxylic acids is 1. The average molecular weight is 1050 g/mol. The molecule has 24 heteroatoms. The molecule has 0 aliphatic carbocycles. The third-order valence-corrected chi connectivity index (χ3v) is 13.5. The zero-order valence-corrected chi connectivity index (χ0v) is 43.4. The molecule has 1 aromatic heterocycles. The van der Waals surface area contributed by atoms with E-state index in [0.717, 1.165) is 5.56 Å². The van der Waals surface area contributed by atoms with Crippen molar-refractivity contribution in [3.63, 3.8) is 0 Å². The molecule has 23 nitrogen and oxygen atoms in total. The van der Waals surface area contributed by atoms with E-state index in [-0.39, 0.29) is 62.8 Å². The van der Waals surface area contributed by atoms with Crippen molar-refractivity contribution < 1.29 is 48.6 Å². The number of phenols is 1. The molecule has 2 aromatic carbocycles. The lowest BCUT2D eigenvalue weighted by Crippen LogP contribution is -2.62. The van der Waals surface area contributed by atoms with Crippen LogP contribution in [-0.4, -0.2) is 153 Å². The number of carbonyl (C=O) groups excluding carboxylic acids is 7. The van der Waals surface area contributed by atoms with E-state index in [1.165, 1.54) is 41.3 Å². The summed E-state index contributed by atoms with van der Waals surface area (Å²) < 4.78 is 0. The Morgan fingerprint density at radius 1 is 0.811 bits per heavy atom. The topological polar surface area (TPSA) is 358 Å². The molecule has 0 spiro atoms. The molecule has 4 rings (SSSR count). The smallest absolute Gasteiger partial charge is 0.327 e. The predicted octanol–water partition coefficient (Wildman–Crippen LogP) is -0.207. The maximum absolute atomic E-state index is 14.6. The molecule has 1 unspecified atom stereocenters. The molecule has 8 atom stereocenters.